The number of hydrogen-bond acceptors (Lipinski definition) is 7. The quantitative estimate of drug-likeness (QED) is 0.402. The molecule has 0 amide bonds. The Labute approximate surface area is 120 Å². The summed E-state index contributed by atoms with van der Waals surface area (Å²) in [6, 6.07) is 3.85. The molecule has 1 aromatic carbocycles. The van der Waals surface area contributed by atoms with E-state index in [1.165, 1.54) is 23.9 Å². The van der Waals surface area contributed by atoms with Gasteiger partial charge in [0, 0.05) is 5.56 Å². The van der Waals surface area contributed by atoms with Crippen molar-refractivity contribution in [2.45, 2.75) is 11.4 Å². The monoisotopic (exact) mass is 319 g/mol. The smallest absolute Gasteiger partial charge is 0.418 e. The number of thioether (sulfide) groups is 1. The normalized spacial score (nSPS) is 11.4. The summed E-state index contributed by atoms with van der Waals surface area (Å²) in [5, 5.41) is 7.69. The molecule has 0 unspecified atom stereocenters. The Hall–Kier alpha value is -2.23. The summed E-state index contributed by atoms with van der Waals surface area (Å²) in [7, 11) is 0. The minimum absolute atomic E-state index is 0.0728. The van der Waals surface area contributed by atoms with Gasteiger partial charge in [0.15, 0.2) is 5.75 Å². The van der Waals surface area contributed by atoms with Gasteiger partial charge in [0.25, 0.3) is 5.22 Å². The molecular formula is C11H8F3N3O3S. The van der Waals surface area contributed by atoms with E-state index >= 15 is 0 Å². The van der Waals surface area contributed by atoms with Crippen molar-refractivity contribution in [3.8, 4) is 17.2 Å². The highest BCUT2D eigenvalue weighted by molar-refractivity contribution is 7.98. The zero-order valence-corrected chi connectivity index (χ0v) is 11.3. The number of halogens is 3. The number of carbonyl (C=O) groups is 1. The number of anilines is 1. The van der Waals surface area contributed by atoms with E-state index in [1.807, 2.05) is 0 Å². The van der Waals surface area contributed by atoms with Crippen LogP contribution in [-0.4, -0.2) is 28.6 Å². The van der Waals surface area contributed by atoms with Crippen LogP contribution in [0.3, 0.4) is 0 Å². The summed E-state index contributed by atoms with van der Waals surface area (Å²) in [4.78, 5) is 10.8. The number of hydrogen-bond donors (Lipinski definition) is 1. The average molecular weight is 319 g/mol. The van der Waals surface area contributed by atoms with Crippen LogP contribution in [0.4, 0.5) is 18.9 Å². The number of esters is 1. The van der Waals surface area contributed by atoms with Gasteiger partial charge in [-0.05, 0) is 24.5 Å². The Morgan fingerprint density at radius 2 is 2.10 bits per heavy atom. The first-order valence-corrected chi connectivity index (χ1v) is 6.60. The lowest BCUT2D eigenvalue weighted by Gasteiger charge is -2.09. The molecule has 0 spiro atoms. The first kappa shape index (κ1) is 15.2. The van der Waals surface area contributed by atoms with E-state index in [4.69, 9.17) is 10.2 Å². The topological polar surface area (TPSA) is 91.2 Å². The maximum absolute atomic E-state index is 12.2. The maximum Gasteiger partial charge on any atom is 0.491 e. The average Bonchev–Trinajstić information content (AvgIpc) is 2.89. The van der Waals surface area contributed by atoms with Crippen molar-refractivity contribution in [1.82, 2.24) is 10.2 Å². The summed E-state index contributed by atoms with van der Waals surface area (Å²) in [6.07, 6.45) is -3.39. The highest BCUT2D eigenvalue weighted by Gasteiger charge is 2.41. The number of aromatic nitrogens is 2. The molecule has 0 aliphatic carbocycles. The summed E-state index contributed by atoms with van der Waals surface area (Å²) in [5.41, 5.74) is 5.63. The third-order valence-corrected chi connectivity index (χ3v) is 2.79. The first-order valence-electron chi connectivity index (χ1n) is 5.37. The molecule has 2 aromatic rings. The van der Waals surface area contributed by atoms with Crippen molar-refractivity contribution in [3.05, 3.63) is 18.2 Å². The minimum atomic E-state index is -5.11. The van der Waals surface area contributed by atoms with Crippen LogP contribution in [0, 0.1) is 0 Å². The van der Waals surface area contributed by atoms with Crippen LogP contribution >= 0.6 is 11.8 Å². The number of nitrogens with two attached hydrogens (primary N) is 1. The number of rotatable bonds is 3. The number of ether oxygens (including phenoxy) is 1. The molecular weight excluding hydrogens is 311 g/mol. The molecule has 0 saturated carbocycles. The third kappa shape index (κ3) is 3.45. The molecule has 0 bridgehead atoms. The standard InChI is InChI=1S/C11H8F3N3O3S/c1-21-10-17-16-8(20-10)5-2-3-6(15)7(4-5)19-9(18)11(12,13)14/h2-4H,15H2,1H3. The predicted octanol–water partition coefficient (Wildman–Crippen LogP) is 2.51. The first-order chi connectivity index (χ1) is 9.81. The summed E-state index contributed by atoms with van der Waals surface area (Å²) in [6.45, 7) is 0. The van der Waals surface area contributed by atoms with E-state index in [2.05, 4.69) is 14.9 Å². The van der Waals surface area contributed by atoms with Gasteiger partial charge in [0.05, 0.1) is 5.69 Å². The zero-order chi connectivity index (χ0) is 15.6. The van der Waals surface area contributed by atoms with Crippen molar-refractivity contribution in [1.29, 1.82) is 0 Å². The lowest BCUT2D eigenvalue weighted by molar-refractivity contribution is -0.189. The Kier molecular flexibility index (Phi) is 4.07. The van der Waals surface area contributed by atoms with Gasteiger partial charge in [0.2, 0.25) is 5.89 Å². The molecule has 21 heavy (non-hydrogen) atoms. The fourth-order valence-corrected chi connectivity index (χ4v) is 1.61. The Morgan fingerprint density at radius 3 is 2.67 bits per heavy atom. The summed E-state index contributed by atoms with van der Waals surface area (Å²) in [5.74, 6) is -2.72. The SMILES string of the molecule is CSc1nnc(-c2ccc(N)c(OC(=O)C(F)(F)F)c2)o1. The zero-order valence-electron chi connectivity index (χ0n) is 10.5. The van der Waals surface area contributed by atoms with Gasteiger partial charge in [-0.3, -0.25) is 0 Å². The van der Waals surface area contributed by atoms with Crippen LogP contribution in [0.25, 0.3) is 11.5 Å². The van der Waals surface area contributed by atoms with Crippen LogP contribution in [0.5, 0.6) is 5.75 Å². The minimum Gasteiger partial charge on any atom is -0.418 e. The van der Waals surface area contributed by atoms with E-state index in [1.54, 1.807) is 6.26 Å². The molecule has 0 radical (unpaired) electrons. The molecule has 0 atom stereocenters. The van der Waals surface area contributed by atoms with Gasteiger partial charge < -0.3 is 14.9 Å². The molecule has 2 N–H and O–H groups in total. The van der Waals surface area contributed by atoms with Gasteiger partial charge in [-0.2, -0.15) is 13.2 Å². The van der Waals surface area contributed by atoms with Crippen molar-refractivity contribution in [3.63, 3.8) is 0 Å². The Morgan fingerprint density at radius 1 is 1.38 bits per heavy atom. The summed E-state index contributed by atoms with van der Waals surface area (Å²) >= 11 is 1.21. The number of alkyl halides is 3. The molecule has 0 saturated heterocycles. The third-order valence-electron chi connectivity index (χ3n) is 2.28. The van der Waals surface area contributed by atoms with Crippen LogP contribution < -0.4 is 10.5 Å². The summed E-state index contributed by atoms with van der Waals surface area (Å²) < 4.78 is 46.0. The van der Waals surface area contributed by atoms with Gasteiger partial charge in [-0.25, -0.2) is 4.79 Å². The lowest BCUT2D eigenvalue weighted by atomic mass is 10.2. The fourth-order valence-electron chi connectivity index (χ4n) is 1.32. The maximum atomic E-state index is 12.2. The molecule has 6 nitrogen and oxygen atoms in total. The van der Waals surface area contributed by atoms with E-state index in [0.29, 0.717) is 0 Å². The van der Waals surface area contributed by atoms with E-state index in [0.717, 1.165) is 6.07 Å². The second-order valence-corrected chi connectivity index (χ2v) is 4.47. The van der Waals surface area contributed by atoms with Crippen LogP contribution in [0.15, 0.2) is 27.8 Å². The van der Waals surface area contributed by atoms with Crippen molar-refractivity contribution >= 4 is 23.4 Å². The van der Waals surface area contributed by atoms with Crippen LogP contribution in [0.1, 0.15) is 0 Å². The highest BCUT2D eigenvalue weighted by Crippen LogP contribution is 2.31. The van der Waals surface area contributed by atoms with E-state index in [9.17, 15) is 18.0 Å². The molecule has 0 fully saturated rings. The molecule has 1 aromatic heterocycles. The van der Waals surface area contributed by atoms with Crippen molar-refractivity contribution in [2.24, 2.45) is 0 Å². The molecule has 10 heteroatoms. The number of benzene rings is 1. The Bertz CT molecular complexity index is 672. The van der Waals surface area contributed by atoms with Gasteiger partial charge in [-0.1, -0.05) is 11.8 Å². The molecule has 2 rings (SSSR count). The fraction of sp³-hybridized carbons (Fsp3) is 0.182. The highest BCUT2D eigenvalue weighted by atomic mass is 32.2. The predicted molar refractivity (Wildman–Crippen MR) is 67.6 cm³/mol. The Balaban J connectivity index is 2.31. The molecule has 112 valence electrons. The second kappa shape index (κ2) is 5.64. The van der Waals surface area contributed by atoms with E-state index in [-0.39, 0.29) is 22.4 Å². The van der Waals surface area contributed by atoms with Crippen LogP contribution in [-0.2, 0) is 4.79 Å². The molecule has 1 heterocycles. The molecule has 0 aliphatic rings. The van der Waals surface area contributed by atoms with Crippen molar-refractivity contribution < 1.29 is 27.1 Å². The van der Waals surface area contributed by atoms with Gasteiger partial charge in [0.1, 0.15) is 0 Å². The van der Waals surface area contributed by atoms with Crippen LogP contribution in [0.2, 0.25) is 0 Å². The number of carbonyl (C=O) groups excluding carboxylic acids is 1. The number of nitrogen functional groups attached to an aromatic ring is 1. The van der Waals surface area contributed by atoms with Gasteiger partial charge in [-0.15, -0.1) is 10.2 Å². The second-order valence-electron chi connectivity index (χ2n) is 3.72. The molecule has 0 aliphatic heterocycles. The van der Waals surface area contributed by atoms with E-state index < -0.39 is 17.9 Å². The van der Waals surface area contributed by atoms with Crippen molar-refractivity contribution in [2.75, 3.05) is 12.0 Å². The number of nitrogens with zero attached hydrogens (tertiary/aromatic N) is 2. The van der Waals surface area contributed by atoms with Gasteiger partial charge >= 0.3 is 12.1 Å². The lowest BCUT2D eigenvalue weighted by Crippen LogP contribution is -2.28. The largest absolute Gasteiger partial charge is 0.491 e.